The van der Waals surface area contributed by atoms with Crippen molar-refractivity contribution in [2.75, 3.05) is 0 Å². The molecule has 4 rings (SSSR count). The monoisotopic (exact) mass is 456 g/mol. The number of amides is 1. The summed E-state index contributed by atoms with van der Waals surface area (Å²) in [6.07, 6.45) is 10.5. The Labute approximate surface area is 190 Å². The molecule has 0 unspecified atom stereocenters. The Balaban J connectivity index is 1.32. The first-order chi connectivity index (χ1) is 15.5. The van der Waals surface area contributed by atoms with E-state index in [4.69, 9.17) is 5.11 Å². The molecule has 1 saturated carbocycles. The molecule has 0 aromatic carbocycles. The molecule has 1 fully saturated rings. The molecule has 0 radical (unpaired) electrons. The molecule has 0 saturated heterocycles. The summed E-state index contributed by atoms with van der Waals surface area (Å²) in [5, 5.41) is 26.9. The lowest BCUT2D eigenvalue weighted by Gasteiger charge is -2.37. The maximum absolute atomic E-state index is 12.8. The SMILES string of the molecule is O=C(CCCn1ccc(C(=O)O)n1)NC1(Cc2cn(Cc3cccs3)nn2)CCCCC1. The number of thiophene rings is 1. The quantitative estimate of drug-likeness (QED) is 0.484. The molecule has 9 nitrogen and oxygen atoms in total. The number of hydrogen-bond donors (Lipinski definition) is 2. The summed E-state index contributed by atoms with van der Waals surface area (Å²) in [6, 6.07) is 5.58. The van der Waals surface area contributed by atoms with Gasteiger partial charge in [0.2, 0.25) is 5.91 Å². The molecule has 3 aromatic heterocycles. The molecule has 3 aromatic rings. The first-order valence-electron chi connectivity index (χ1n) is 11.0. The van der Waals surface area contributed by atoms with E-state index < -0.39 is 5.97 Å². The molecule has 0 aliphatic heterocycles. The highest BCUT2D eigenvalue weighted by molar-refractivity contribution is 7.09. The van der Waals surface area contributed by atoms with Crippen LogP contribution in [0.4, 0.5) is 0 Å². The number of carboxylic acid groups (broad SMARTS) is 1. The minimum atomic E-state index is -1.05. The molecule has 10 heteroatoms. The molecule has 0 atom stereocenters. The van der Waals surface area contributed by atoms with Gasteiger partial charge < -0.3 is 10.4 Å². The summed E-state index contributed by atoms with van der Waals surface area (Å²) in [6.45, 7) is 1.21. The molecule has 2 N–H and O–H groups in total. The van der Waals surface area contributed by atoms with Crippen LogP contribution in [0.2, 0.25) is 0 Å². The van der Waals surface area contributed by atoms with Gasteiger partial charge in [0, 0.05) is 42.2 Å². The van der Waals surface area contributed by atoms with Gasteiger partial charge in [0.25, 0.3) is 0 Å². The van der Waals surface area contributed by atoms with E-state index in [1.165, 1.54) is 17.4 Å². The second kappa shape index (κ2) is 10.1. The summed E-state index contributed by atoms with van der Waals surface area (Å²) in [5.74, 6) is -1.03. The van der Waals surface area contributed by atoms with E-state index >= 15 is 0 Å². The Hall–Kier alpha value is -3.01. The van der Waals surface area contributed by atoms with Gasteiger partial charge in [-0.3, -0.25) is 9.48 Å². The molecule has 0 bridgehead atoms. The van der Waals surface area contributed by atoms with E-state index in [-0.39, 0.29) is 17.1 Å². The van der Waals surface area contributed by atoms with Gasteiger partial charge in [-0.1, -0.05) is 30.5 Å². The molecule has 3 heterocycles. The number of aromatic nitrogens is 5. The van der Waals surface area contributed by atoms with Crippen LogP contribution in [-0.2, 0) is 24.3 Å². The second-order valence-electron chi connectivity index (χ2n) is 8.43. The maximum Gasteiger partial charge on any atom is 0.356 e. The van der Waals surface area contributed by atoms with Crippen molar-refractivity contribution in [3.8, 4) is 0 Å². The number of carboxylic acids is 1. The Kier molecular flexibility index (Phi) is 6.99. The van der Waals surface area contributed by atoms with E-state index in [9.17, 15) is 9.59 Å². The smallest absolute Gasteiger partial charge is 0.356 e. The largest absolute Gasteiger partial charge is 0.476 e. The fraction of sp³-hybridized carbons (Fsp3) is 0.500. The normalized spacial score (nSPS) is 15.5. The van der Waals surface area contributed by atoms with Gasteiger partial charge in [-0.25, -0.2) is 9.48 Å². The Morgan fingerprint density at radius 3 is 2.75 bits per heavy atom. The zero-order valence-corrected chi connectivity index (χ0v) is 18.8. The Bertz CT molecular complexity index is 1040. The molecular weight excluding hydrogens is 428 g/mol. The lowest BCUT2D eigenvalue weighted by Crippen LogP contribution is -2.51. The number of hydrogen-bond acceptors (Lipinski definition) is 6. The van der Waals surface area contributed by atoms with Crippen LogP contribution in [0.5, 0.6) is 0 Å². The third-order valence-electron chi connectivity index (χ3n) is 5.87. The van der Waals surface area contributed by atoms with Crippen LogP contribution in [0.3, 0.4) is 0 Å². The second-order valence-corrected chi connectivity index (χ2v) is 9.46. The van der Waals surface area contributed by atoms with Gasteiger partial charge in [0.05, 0.1) is 12.2 Å². The maximum atomic E-state index is 12.8. The third-order valence-corrected chi connectivity index (χ3v) is 6.73. The summed E-state index contributed by atoms with van der Waals surface area (Å²) in [5.41, 5.74) is 0.644. The number of nitrogens with one attached hydrogen (secondary N) is 1. The first-order valence-corrected chi connectivity index (χ1v) is 11.9. The molecule has 170 valence electrons. The predicted molar refractivity (Wildman–Crippen MR) is 120 cm³/mol. The molecular formula is C22H28N6O3S. The fourth-order valence-electron chi connectivity index (χ4n) is 4.34. The minimum Gasteiger partial charge on any atom is -0.476 e. The van der Waals surface area contributed by atoms with Crippen molar-refractivity contribution in [1.29, 1.82) is 0 Å². The average molecular weight is 457 g/mol. The number of aromatic carboxylic acids is 1. The standard InChI is InChI=1S/C22H28N6O3S/c29-20(7-4-11-27-12-8-19(25-27)21(30)31)23-22(9-2-1-3-10-22)14-17-15-28(26-24-17)16-18-6-5-13-32-18/h5-6,8,12-13,15H,1-4,7,9-11,14,16H2,(H,23,29)(H,30,31). The van der Waals surface area contributed by atoms with Gasteiger partial charge in [0.1, 0.15) is 0 Å². The van der Waals surface area contributed by atoms with E-state index in [0.717, 1.165) is 31.4 Å². The number of carbonyl (C=O) groups is 2. The lowest BCUT2D eigenvalue weighted by molar-refractivity contribution is -0.123. The van der Waals surface area contributed by atoms with Crippen LogP contribution in [0.1, 0.15) is 66.0 Å². The Morgan fingerprint density at radius 2 is 2.03 bits per heavy atom. The summed E-state index contributed by atoms with van der Waals surface area (Å²) in [7, 11) is 0. The molecule has 1 aliphatic carbocycles. The van der Waals surface area contributed by atoms with Crippen LogP contribution in [0.15, 0.2) is 36.0 Å². The summed E-state index contributed by atoms with van der Waals surface area (Å²) >= 11 is 1.70. The average Bonchev–Trinajstić information content (AvgIpc) is 3.52. The molecule has 1 amide bonds. The Morgan fingerprint density at radius 1 is 1.19 bits per heavy atom. The number of rotatable bonds is 10. The number of carbonyl (C=O) groups excluding carboxylic acids is 1. The lowest BCUT2D eigenvalue weighted by atomic mass is 9.78. The zero-order valence-electron chi connectivity index (χ0n) is 17.9. The predicted octanol–water partition coefficient (Wildman–Crippen LogP) is 3.12. The fourth-order valence-corrected chi connectivity index (χ4v) is 5.04. The van der Waals surface area contributed by atoms with Crippen LogP contribution in [0.25, 0.3) is 0 Å². The van der Waals surface area contributed by atoms with E-state index in [0.29, 0.717) is 32.4 Å². The van der Waals surface area contributed by atoms with Crippen molar-refractivity contribution < 1.29 is 14.7 Å². The minimum absolute atomic E-state index is 0.0164. The van der Waals surface area contributed by atoms with Gasteiger partial charge in [-0.05, 0) is 36.8 Å². The summed E-state index contributed by atoms with van der Waals surface area (Å²) in [4.78, 5) is 24.9. The summed E-state index contributed by atoms with van der Waals surface area (Å²) < 4.78 is 3.42. The highest BCUT2D eigenvalue weighted by Gasteiger charge is 2.34. The first kappa shape index (κ1) is 22.2. The van der Waals surface area contributed by atoms with Crippen molar-refractivity contribution in [3.63, 3.8) is 0 Å². The van der Waals surface area contributed by atoms with E-state index in [2.05, 4.69) is 32.2 Å². The van der Waals surface area contributed by atoms with Gasteiger partial charge in [-0.15, -0.1) is 16.4 Å². The van der Waals surface area contributed by atoms with E-state index in [1.807, 2.05) is 16.9 Å². The van der Waals surface area contributed by atoms with Gasteiger partial charge >= 0.3 is 5.97 Å². The van der Waals surface area contributed by atoms with Crippen molar-refractivity contribution in [3.05, 3.63) is 52.2 Å². The third kappa shape index (κ3) is 5.82. The molecule has 32 heavy (non-hydrogen) atoms. The van der Waals surface area contributed by atoms with Gasteiger partial charge in [-0.2, -0.15) is 5.10 Å². The van der Waals surface area contributed by atoms with Crippen LogP contribution >= 0.6 is 11.3 Å². The highest BCUT2D eigenvalue weighted by Crippen LogP contribution is 2.31. The topological polar surface area (TPSA) is 115 Å². The number of aryl methyl sites for hydroxylation is 1. The molecule has 0 spiro atoms. The van der Waals surface area contributed by atoms with Gasteiger partial charge in [0.15, 0.2) is 5.69 Å². The number of nitrogens with zero attached hydrogens (tertiary/aromatic N) is 5. The highest BCUT2D eigenvalue weighted by atomic mass is 32.1. The van der Waals surface area contributed by atoms with Crippen molar-refractivity contribution >= 4 is 23.2 Å². The van der Waals surface area contributed by atoms with Crippen molar-refractivity contribution in [2.24, 2.45) is 0 Å². The van der Waals surface area contributed by atoms with E-state index in [1.54, 1.807) is 22.2 Å². The molecule has 1 aliphatic rings. The van der Waals surface area contributed by atoms with Crippen LogP contribution < -0.4 is 5.32 Å². The van der Waals surface area contributed by atoms with Crippen molar-refractivity contribution in [1.82, 2.24) is 30.1 Å². The van der Waals surface area contributed by atoms with Crippen LogP contribution in [-0.4, -0.2) is 47.3 Å². The zero-order chi connectivity index (χ0) is 22.4. The van der Waals surface area contributed by atoms with Crippen molar-refractivity contribution in [2.45, 2.75) is 70.0 Å². The van der Waals surface area contributed by atoms with Crippen LogP contribution in [0, 0.1) is 0 Å².